The topological polar surface area (TPSA) is 85.1 Å². The third-order valence-electron chi connectivity index (χ3n) is 2.55. The molecule has 0 spiro atoms. The number of halogens is 2. The lowest BCUT2D eigenvalue weighted by molar-refractivity contribution is 0.128. The third-order valence-corrected chi connectivity index (χ3v) is 3.73. The average molecular weight is 417 g/mol. The number of nitrogen functional groups attached to an aromatic ring is 1. The zero-order chi connectivity index (χ0) is 15.2. The predicted molar refractivity (Wildman–Crippen MR) is 90.3 cm³/mol. The van der Waals surface area contributed by atoms with Crippen LogP contribution in [0.15, 0.2) is 33.2 Å². The number of anilines is 3. The van der Waals surface area contributed by atoms with Gasteiger partial charge in [-0.3, -0.25) is 0 Å². The normalized spacial score (nSPS) is 10.5. The molecule has 21 heavy (non-hydrogen) atoms. The summed E-state index contributed by atoms with van der Waals surface area (Å²) < 4.78 is 7.22. The van der Waals surface area contributed by atoms with Crippen molar-refractivity contribution in [2.45, 2.75) is 13.5 Å². The Kier molecular flexibility index (Phi) is 5.92. The fraction of sp³-hybridized carbons (Fsp3) is 0.231. The molecule has 6 nitrogen and oxygen atoms in total. The summed E-state index contributed by atoms with van der Waals surface area (Å²) in [7, 11) is 0. The van der Waals surface area contributed by atoms with E-state index in [1.54, 1.807) is 6.07 Å². The number of ether oxygens (including phenoxy) is 1. The molecule has 4 N–H and O–H groups in total. The maximum absolute atomic E-state index is 5.44. The van der Waals surface area contributed by atoms with E-state index >= 15 is 0 Å². The van der Waals surface area contributed by atoms with Gasteiger partial charge in [-0.25, -0.2) is 15.8 Å². The molecule has 0 saturated heterocycles. The number of hydrazine groups is 1. The highest BCUT2D eigenvalue weighted by Gasteiger charge is 2.07. The lowest BCUT2D eigenvalue weighted by Gasteiger charge is -2.11. The van der Waals surface area contributed by atoms with Crippen molar-refractivity contribution < 1.29 is 4.74 Å². The van der Waals surface area contributed by atoms with Crippen LogP contribution in [0.25, 0.3) is 0 Å². The molecule has 0 radical (unpaired) electrons. The fourth-order valence-electron chi connectivity index (χ4n) is 1.62. The highest BCUT2D eigenvalue weighted by Crippen LogP contribution is 2.28. The molecule has 0 aliphatic rings. The summed E-state index contributed by atoms with van der Waals surface area (Å²) in [6, 6.07) is 7.56. The van der Waals surface area contributed by atoms with Gasteiger partial charge < -0.3 is 15.5 Å². The van der Waals surface area contributed by atoms with E-state index in [2.05, 4.69) is 52.6 Å². The molecular weight excluding hydrogens is 402 g/mol. The van der Waals surface area contributed by atoms with Gasteiger partial charge >= 0.3 is 0 Å². The molecule has 8 heteroatoms. The first kappa shape index (κ1) is 16.2. The minimum absolute atomic E-state index is 0.334. The van der Waals surface area contributed by atoms with E-state index in [1.165, 1.54) is 0 Å². The van der Waals surface area contributed by atoms with Gasteiger partial charge in [0.25, 0.3) is 0 Å². The first-order valence-corrected chi connectivity index (χ1v) is 7.85. The van der Waals surface area contributed by atoms with Crippen LogP contribution in [0.5, 0.6) is 0 Å². The Labute approximate surface area is 139 Å². The summed E-state index contributed by atoms with van der Waals surface area (Å²) in [5.74, 6) is 7.15. The Morgan fingerprint density at radius 2 is 1.95 bits per heavy atom. The van der Waals surface area contributed by atoms with Crippen LogP contribution in [0.3, 0.4) is 0 Å². The van der Waals surface area contributed by atoms with Gasteiger partial charge in [-0.1, -0.05) is 15.9 Å². The summed E-state index contributed by atoms with van der Waals surface area (Å²) >= 11 is 6.93. The number of nitrogens with two attached hydrogens (primary N) is 1. The van der Waals surface area contributed by atoms with Crippen LogP contribution in [-0.2, 0) is 11.3 Å². The van der Waals surface area contributed by atoms with Gasteiger partial charge in [-0.05, 0) is 41.1 Å². The minimum Gasteiger partial charge on any atom is -0.374 e. The van der Waals surface area contributed by atoms with E-state index in [-0.39, 0.29) is 0 Å². The van der Waals surface area contributed by atoms with Crippen molar-refractivity contribution in [1.29, 1.82) is 0 Å². The highest BCUT2D eigenvalue weighted by molar-refractivity contribution is 9.11. The molecular formula is C13H15Br2N5O. The summed E-state index contributed by atoms with van der Waals surface area (Å²) in [5.41, 5.74) is 3.41. The van der Waals surface area contributed by atoms with Gasteiger partial charge in [0, 0.05) is 21.6 Å². The van der Waals surface area contributed by atoms with Crippen LogP contribution in [-0.4, -0.2) is 16.6 Å². The van der Waals surface area contributed by atoms with Crippen molar-refractivity contribution in [3.05, 3.63) is 39.0 Å². The number of rotatable bonds is 6. The van der Waals surface area contributed by atoms with Crippen molar-refractivity contribution in [2.75, 3.05) is 17.3 Å². The van der Waals surface area contributed by atoms with Gasteiger partial charge in [-0.2, -0.15) is 0 Å². The van der Waals surface area contributed by atoms with Crippen molar-refractivity contribution in [2.24, 2.45) is 5.84 Å². The average Bonchev–Trinajstić information content (AvgIpc) is 2.48. The van der Waals surface area contributed by atoms with Crippen molar-refractivity contribution in [3.63, 3.8) is 0 Å². The Hall–Kier alpha value is -1.22. The standard InChI is InChI=1S/C13H15Br2N5O/c1-2-21-7-13-18-11(6-12(19-13)20-16)17-10-5-8(14)3-4-9(10)15/h3-6H,2,7,16H2,1H3,(H2,17,18,19,20). The SMILES string of the molecule is CCOCc1nc(NN)cc(Nc2cc(Br)ccc2Br)n1. The molecule has 2 aromatic rings. The molecule has 0 aliphatic carbocycles. The Morgan fingerprint density at radius 3 is 2.67 bits per heavy atom. The summed E-state index contributed by atoms with van der Waals surface area (Å²) in [5, 5.41) is 3.23. The first-order chi connectivity index (χ1) is 10.1. The third kappa shape index (κ3) is 4.63. The quantitative estimate of drug-likeness (QED) is 0.493. The molecule has 0 unspecified atom stereocenters. The van der Waals surface area contributed by atoms with Gasteiger partial charge in [0.05, 0.1) is 5.69 Å². The molecule has 0 aliphatic heterocycles. The second-order valence-electron chi connectivity index (χ2n) is 4.09. The number of hydrogen-bond donors (Lipinski definition) is 3. The van der Waals surface area contributed by atoms with Gasteiger partial charge in [-0.15, -0.1) is 0 Å². The molecule has 0 fully saturated rings. The highest BCUT2D eigenvalue weighted by atomic mass is 79.9. The van der Waals surface area contributed by atoms with E-state index in [9.17, 15) is 0 Å². The van der Waals surface area contributed by atoms with E-state index in [0.717, 1.165) is 14.6 Å². The first-order valence-electron chi connectivity index (χ1n) is 6.26. The molecule has 1 aromatic heterocycles. The van der Waals surface area contributed by atoms with E-state index in [4.69, 9.17) is 10.6 Å². The molecule has 0 bridgehead atoms. The van der Waals surface area contributed by atoms with Gasteiger partial charge in [0.15, 0.2) is 5.82 Å². The lowest BCUT2D eigenvalue weighted by Crippen LogP contribution is -2.12. The maximum atomic E-state index is 5.44. The van der Waals surface area contributed by atoms with Crippen molar-refractivity contribution >= 4 is 49.2 Å². The summed E-state index contributed by atoms with van der Waals surface area (Å²) in [6.45, 7) is 2.85. The van der Waals surface area contributed by atoms with Crippen LogP contribution < -0.4 is 16.6 Å². The fourth-order valence-corrected chi connectivity index (χ4v) is 2.33. The van der Waals surface area contributed by atoms with Crippen LogP contribution >= 0.6 is 31.9 Å². The second kappa shape index (κ2) is 7.69. The predicted octanol–water partition coefficient (Wildman–Crippen LogP) is 3.57. The molecule has 0 amide bonds. The second-order valence-corrected chi connectivity index (χ2v) is 5.86. The van der Waals surface area contributed by atoms with E-state index in [0.29, 0.717) is 30.7 Å². The van der Waals surface area contributed by atoms with E-state index < -0.39 is 0 Å². The minimum atomic E-state index is 0.334. The summed E-state index contributed by atoms with van der Waals surface area (Å²) in [4.78, 5) is 8.64. The van der Waals surface area contributed by atoms with Crippen LogP contribution in [0.1, 0.15) is 12.7 Å². The number of nitrogens with zero attached hydrogens (tertiary/aromatic N) is 2. The van der Waals surface area contributed by atoms with Gasteiger partial charge in [0.2, 0.25) is 0 Å². The smallest absolute Gasteiger partial charge is 0.158 e. The van der Waals surface area contributed by atoms with Crippen molar-refractivity contribution in [3.8, 4) is 0 Å². The number of benzene rings is 1. The largest absolute Gasteiger partial charge is 0.374 e. The Bertz CT molecular complexity index is 624. The zero-order valence-corrected chi connectivity index (χ0v) is 14.5. The Balaban J connectivity index is 2.27. The number of aromatic nitrogens is 2. The van der Waals surface area contributed by atoms with Crippen LogP contribution in [0.4, 0.5) is 17.3 Å². The maximum Gasteiger partial charge on any atom is 0.158 e. The summed E-state index contributed by atoms with van der Waals surface area (Å²) in [6.07, 6.45) is 0. The molecule has 1 heterocycles. The zero-order valence-electron chi connectivity index (χ0n) is 11.4. The molecule has 0 saturated carbocycles. The number of nitrogens with one attached hydrogen (secondary N) is 2. The number of hydrogen-bond acceptors (Lipinski definition) is 6. The van der Waals surface area contributed by atoms with Crippen LogP contribution in [0, 0.1) is 0 Å². The van der Waals surface area contributed by atoms with E-state index in [1.807, 2.05) is 25.1 Å². The van der Waals surface area contributed by atoms with Gasteiger partial charge in [0.1, 0.15) is 18.2 Å². The lowest BCUT2D eigenvalue weighted by atomic mass is 10.3. The van der Waals surface area contributed by atoms with Crippen molar-refractivity contribution in [1.82, 2.24) is 9.97 Å². The molecule has 0 atom stereocenters. The Morgan fingerprint density at radius 1 is 1.19 bits per heavy atom. The molecule has 112 valence electrons. The van der Waals surface area contributed by atoms with Crippen LogP contribution in [0.2, 0.25) is 0 Å². The molecule has 2 rings (SSSR count). The monoisotopic (exact) mass is 415 g/mol. The molecule has 1 aromatic carbocycles.